The van der Waals surface area contributed by atoms with Crippen molar-refractivity contribution in [2.75, 3.05) is 24.2 Å². The second kappa shape index (κ2) is 7.45. The average Bonchev–Trinajstić information content (AvgIpc) is 2.56. The zero-order chi connectivity index (χ0) is 16.8. The van der Waals surface area contributed by atoms with Crippen LogP contribution in [-0.2, 0) is 4.79 Å². The average molecular weight is 311 g/mol. The van der Waals surface area contributed by atoms with Crippen molar-refractivity contribution in [2.24, 2.45) is 0 Å². The van der Waals surface area contributed by atoms with Crippen molar-refractivity contribution < 1.29 is 9.59 Å². The molecule has 0 aliphatic carbocycles. The Morgan fingerprint density at radius 3 is 2.43 bits per heavy atom. The Labute approximate surface area is 136 Å². The first-order valence-electron chi connectivity index (χ1n) is 7.43. The highest BCUT2D eigenvalue weighted by Gasteiger charge is 2.10. The molecule has 0 aromatic heterocycles. The minimum Gasteiger partial charge on any atom is -0.376 e. The van der Waals surface area contributed by atoms with Gasteiger partial charge in [0.1, 0.15) is 0 Å². The first-order chi connectivity index (χ1) is 11.0. The molecule has 0 unspecified atom stereocenters. The zero-order valence-electron chi connectivity index (χ0n) is 13.6. The van der Waals surface area contributed by atoms with Crippen LogP contribution in [0.25, 0.3) is 0 Å². The number of hydrogen-bond donors (Lipinski definition) is 3. The molecule has 0 aliphatic rings. The van der Waals surface area contributed by atoms with Gasteiger partial charge in [0.2, 0.25) is 5.91 Å². The number of hydrogen-bond acceptors (Lipinski definition) is 3. The number of carbonyl (C=O) groups is 2. The summed E-state index contributed by atoms with van der Waals surface area (Å²) < 4.78 is 0. The van der Waals surface area contributed by atoms with Gasteiger partial charge in [-0.1, -0.05) is 18.2 Å². The van der Waals surface area contributed by atoms with Crippen molar-refractivity contribution in [2.45, 2.75) is 13.8 Å². The van der Waals surface area contributed by atoms with Gasteiger partial charge in [-0.25, -0.2) is 0 Å². The highest BCUT2D eigenvalue weighted by Crippen LogP contribution is 2.16. The number of para-hydroxylation sites is 1. The monoisotopic (exact) mass is 311 g/mol. The van der Waals surface area contributed by atoms with Crippen LogP contribution in [0.1, 0.15) is 21.5 Å². The van der Waals surface area contributed by atoms with Gasteiger partial charge in [-0.15, -0.1) is 0 Å². The fourth-order valence-electron chi connectivity index (χ4n) is 2.17. The lowest BCUT2D eigenvalue weighted by Crippen LogP contribution is -2.24. The lowest BCUT2D eigenvalue weighted by Gasteiger charge is -2.12. The fraction of sp³-hybridized carbons (Fsp3) is 0.222. The van der Waals surface area contributed by atoms with Gasteiger partial charge in [0.15, 0.2) is 0 Å². The third-order valence-electron chi connectivity index (χ3n) is 3.63. The Kier molecular flexibility index (Phi) is 5.36. The summed E-state index contributed by atoms with van der Waals surface area (Å²) in [7, 11) is 1.57. The zero-order valence-corrected chi connectivity index (χ0v) is 13.6. The van der Waals surface area contributed by atoms with E-state index in [-0.39, 0.29) is 18.4 Å². The number of carbonyl (C=O) groups excluding carboxylic acids is 2. The summed E-state index contributed by atoms with van der Waals surface area (Å²) in [6.45, 7) is 4.11. The quantitative estimate of drug-likeness (QED) is 0.795. The highest BCUT2D eigenvalue weighted by atomic mass is 16.2. The maximum atomic E-state index is 12.1. The van der Waals surface area contributed by atoms with Crippen molar-refractivity contribution in [1.82, 2.24) is 5.32 Å². The summed E-state index contributed by atoms with van der Waals surface area (Å²) in [5.74, 6) is -0.359. The number of aryl methyl sites for hydroxylation is 2. The van der Waals surface area contributed by atoms with Gasteiger partial charge in [0, 0.05) is 18.4 Å². The van der Waals surface area contributed by atoms with E-state index in [4.69, 9.17) is 0 Å². The molecular formula is C18H21N3O2. The number of benzene rings is 2. The molecule has 2 aromatic carbocycles. The van der Waals surface area contributed by atoms with Gasteiger partial charge in [-0.2, -0.15) is 0 Å². The van der Waals surface area contributed by atoms with Crippen LogP contribution in [0.2, 0.25) is 0 Å². The van der Waals surface area contributed by atoms with Crippen molar-refractivity contribution in [3.05, 3.63) is 59.2 Å². The fourth-order valence-corrected chi connectivity index (χ4v) is 2.17. The maximum Gasteiger partial charge on any atom is 0.253 e. The highest BCUT2D eigenvalue weighted by molar-refractivity contribution is 6.00. The molecule has 0 saturated heterocycles. The normalized spacial score (nSPS) is 10.0. The summed E-state index contributed by atoms with van der Waals surface area (Å²) in [5.41, 5.74) is 4.21. The van der Waals surface area contributed by atoms with E-state index in [0.717, 1.165) is 11.3 Å². The minimum absolute atomic E-state index is 0.0843. The molecule has 5 nitrogen and oxygen atoms in total. The number of anilines is 2. The lowest BCUT2D eigenvalue weighted by atomic mass is 10.1. The first kappa shape index (κ1) is 16.5. The van der Waals surface area contributed by atoms with E-state index >= 15 is 0 Å². The van der Waals surface area contributed by atoms with Gasteiger partial charge in [0.05, 0.1) is 12.1 Å². The van der Waals surface area contributed by atoms with Crippen molar-refractivity contribution >= 4 is 23.2 Å². The predicted octanol–water partition coefficient (Wildman–Crippen LogP) is 2.71. The molecule has 120 valence electrons. The van der Waals surface area contributed by atoms with Crippen LogP contribution in [0, 0.1) is 13.8 Å². The molecule has 2 aromatic rings. The van der Waals surface area contributed by atoms with E-state index in [2.05, 4.69) is 16.0 Å². The van der Waals surface area contributed by atoms with Crippen LogP contribution in [0.4, 0.5) is 11.4 Å². The standard InChI is InChI=1S/C18H21N3O2/c1-12-8-9-14(10-13(12)2)21-17(22)11-20-16-7-5-4-6-15(16)18(23)19-3/h4-10,20H,11H2,1-3H3,(H,19,23)(H,21,22). The Morgan fingerprint density at radius 2 is 1.74 bits per heavy atom. The van der Waals surface area contributed by atoms with E-state index in [1.54, 1.807) is 25.2 Å². The summed E-state index contributed by atoms with van der Waals surface area (Å²) in [6.07, 6.45) is 0. The summed E-state index contributed by atoms with van der Waals surface area (Å²) in [4.78, 5) is 23.8. The van der Waals surface area contributed by atoms with Crippen LogP contribution >= 0.6 is 0 Å². The van der Waals surface area contributed by atoms with Gasteiger partial charge in [-0.3, -0.25) is 9.59 Å². The number of amides is 2. The second-order valence-corrected chi connectivity index (χ2v) is 5.33. The Hall–Kier alpha value is -2.82. The van der Waals surface area contributed by atoms with E-state index in [9.17, 15) is 9.59 Å². The van der Waals surface area contributed by atoms with Crippen molar-refractivity contribution in [3.63, 3.8) is 0 Å². The minimum atomic E-state index is -0.192. The SMILES string of the molecule is CNC(=O)c1ccccc1NCC(=O)Nc1ccc(C)c(C)c1. The van der Waals surface area contributed by atoms with Crippen molar-refractivity contribution in [3.8, 4) is 0 Å². The Morgan fingerprint density at radius 1 is 1.00 bits per heavy atom. The lowest BCUT2D eigenvalue weighted by molar-refractivity contribution is -0.114. The van der Waals surface area contributed by atoms with Crippen LogP contribution in [0.15, 0.2) is 42.5 Å². The predicted molar refractivity (Wildman–Crippen MR) is 92.9 cm³/mol. The third kappa shape index (κ3) is 4.32. The molecule has 2 amide bonds. The van der Waals surface area contributed by atoms with Gasteiger partial charge in [0.25, 0.3) is 5.91 Å². The molecule has 0 fully saturated rings. The molecular weight excluding hydrogens is 290 g/mol. The molecule has 0 spiro atoms. The molecule has 0 heterocycles. The van der Waals surface area contributed by atoms with Crippen LogP contribution in [0.3, 0.4) is 0 Å². The van der Waals surface area contributed by atoms with Gasteiger partial charge >= 0.3 is 0 Å². The first-order valence-corrected chi connectivity index (χ1v) is 7.43. The van der Waals surface area contributed by atoms with E-state index < -0.39 is 0 Å². The topological polar surface area (TPSA) is 70.2 Å². The molecule has 0 saturated carbocycles. The van der Waals surface area contributed by atoms with Gasteiger partial charge in [-0.05, 0) is 49.2 Å². The van der Waals surface area contributed by atoms with Crippen LogP contribution in [0.5, 0.6) is 0 Å². The Bertz CT molecular complexity index is 726. The number of nitrogens with one attached hydrogen (secondary N) is 3. The smallest absolute Gasteiger partial charge is 0.253 e. The molecule has 5 heteroatoms. The summed E-state index contributed by atoms with van der Waals surface area (Å²) >= 11 is 0. The number of rotatable bonds is 5. The van der Waals surface area contributed by atoms with E-state index in [0.29, 0.717) is 11.3 Å². The van der Waals surface area contributed by atoms with E-state index in [1.165, 1.54) is 5.56 Å². The van der Waals surface area contributed by atoms with Crippen LogP contribution in [-0.4, -0.2) is 25.4 Å². The molecule has 2 rings (SSSR count). The van der Waals surface area contributed by atoms with Gasteiger partial charge < -0.3 is 16.0 Å². The largest absolute Gasteiger partial charge is 0.376 e. The molecule has 0 atom stereocenters. The van der Waals surface area contributed by atoms with Crippen molar-refractivity contribution in [1.29, 1.82) is 0 Å². The molecule has 0 bridgehead atoms. The molecule has 23 heavy (non-hydrogen) atoms. The molecule has 3 N–H and O–H groups in total. The van der Waals surface area contributed by atoms with Crippen LogP contribution < -0.4 is 16.0 Å². The summed E-state index contributed by atoms with van der Waals surface area (Å²) in [5, 5.41) is 8.42. The third-order valence-corrected chi connectivity index (χ3v) is 3.63. The maximum absolute atomic E-state index is 12.1. The summed E-state index contributed by atoms with van der Waals surface area (Å²) in [6, 6.07) is 12.9. The Balaban J connectivity index is 1.99. The second-order valence-electron chi connectivity index (χ2n) is 5.33. The molecule has 0 aliphatic heterocycles. The molecule has 0 radical (unpaired) electrons. The van der Waals surface area contributed by atoms with E-state index in [1.807, 2.05) is 38.1 Å².